The summed E-state index contributed by atoms with van der Waals surface area (Å²) in [5.74, 6) is 0.778. The molecule has 0 radical (unpaired) electrons. The Hall–Kier alpha value is -3.10. The molecule has 4 heterocycles. The summed E-state index contributed by atoms with van der Waals surface area (Å²) in [5.41, 5.74) is -0.435. The fraction of sp³-hybridized carbons (Fsp3) is 0.500. The number of carbonyl (C=O) groups is 1. The topological polar surface area (TPSA) is 101 Å². The molecule has 9 nitrogen and oxygen atoms in total. The molecule has 0 aromatic carbocycles. The van der Waals surface area contributed by atoms with E-state index >= 15 is 0 Å². The van der Waals surface area contributed by atoms with Crippen LogP contribution in [-0.2, 0) is 4.79 Å². The van der Waals surface area contributed by atoms with Crippen LogP contribution < -0.4 is 10.2 Å². The Morgan fingerprint density at radius 1 is 1.31 bits per heavy atom. The van der Waals surface area contributed by atoms with E-state index in [2.05, 4.69) is 43.1 Å². The van der Waals surface area contributed by atoms with Crippen LogP contribution in [0.1, 0.15) is 47.1 Å². The lowest BCUT2D eigenvalue weighted by molar-refractivity contribution is -0.142. The van der Waals surface area contributed by atoms with Gasteiger partial charge in [0.1, 0.15) is 16.9 Å². The molecule has 1 atom stereocenters. The van der Waals surface area contributed by atoms with Crippen LogP contribution in [0.3, 0.4) is 0 Å². The Kier molecular flexibility index (Phi) is 4.29. The van der Waals surface area contributed by atoms with Crippen molar-refractivity contribution >= 4 is 29.1 Å². The highest BCUT2D eigenvalue weighted by atomic mass is 16.4. The SMILES string of the molecule is CC(C)n1cnc(Nc2nc(N3CC(C)(C)CC3(C)C(=O)O)nn3cccc23)c1. The molecule has 0 amide bonds. The van der Waals surface area contributed by atoms with E-state index in [-0.39, 0.29) is 5.41 Å². The molecule has 0 spiro atoms. The second kappa shape index (κ2) is 6.47. The minimum absolute atomic E-state index is 0.161. The van der Waals surface area contributed by atoms with Gasteiger partial charge in [0.05, 0.1) is 6.33 Å². The number of hydrogen-bond donors (Lipinski definition) is 2. The number of anilines is 3. The highest BCUT2D eigenvalue weighted by Gasteiger charge is 2.52. The highest BCUT2D eigenvalue weighted by Crippen LogP contribution is 2.43. The number of imidazole rings is 1. The summed E-state index contributed by atoms with van der Waals surface area (Å²) in [6, 6.07) is 4.10. The van der Waals surface area contributed by atoms with E-state index in [4.69, 9.17) is 4.98 Å². The molecule has 1 fully saturated rings. The lowest BCUT2D eigenvalue weighted by Gasteiger charge is -2.31. The van der Waals surface area contributed by atoms with Gasteiger partial charge < -0.3 is 19.9 Å². The van der Waals surface area contributed by atoms with E-state index in [1.165, 1.54) is 0 Å². The van der Waals surface area contributed by atoms with Gasteiger partial charge in [-0.3, -0.25) is 0 Å². The van der Waals surface area contributed by atoms with E-state index in [0.717, 1.165) is 5.52 Å². The van der Waals surface area contributed by atoms with Crippen LogP contribution in [0.2, 0.25) is 0 Å². The molecule has 1 aliphatic heterocycles. The van der Waals surface area contributed by atoms with Gasteiger partial charge in [-0.2, -0.15) is 4.98 Å². The predicted octanol–water partition coefficient (Wildman–Crippen LogP) is 3.33. The van der Waals surface area contributed by atoms with Crippen LogP contribution in [0, 0.1) is 5.41 Å². The summed E-state index contributed by atoms with van der Waals surface area (Å²) in [4.78, 5) is 23.0. The summed E-state index contributed by atoms with van der Waals surface area (Å²) < 4.78 is 3.72. The third-order valence-corrected chi connectivity index (χ3v) is 5.53. The zero-order valence-electron chi connectivity index (χ0n) is 17.4. The molecule has 4 rings (SSSR count). The first kappa shape index (κ1) is 19.2. The summed E-state index contributed by atoms with van der Waals surface area (Å²) in [7, 11) is 0. The smallest absolute Gasteiger partial charge is 0.329 e. The van der Waals surface area contributed by atoms with Crippen molar-refractivity contribution in [2.24, 2.45) is 5.41 Å². The maximum Gasteiger partial charge on any atom is 0.329 e. The number of aliphatic carboxylic acids is 1. The minimum atomic E-state index is -1.07. The van der Waals surface area contributed by atoms with Gasteiger partial charge in [-0.1, -0.05) is 13.8 Å². The average molecular weight is 397 g/mol. The first-order valence-corrected chi connectivity index (χ1v) is 9.76. The highest BCUT2D eigenvalue weighted by molar-refractivity contribution is 5.84. The zero-order chi connectivity index (χ0) is 21.0. The van der Waals surface area contributed by atoms with Crippen molar-refractivity contribution in [1.29, 1.82) is 0 Å². The van der Waals surface area contributed by atoms with Crippen LogP contribution in [0.25, 0.3) is 5.52 Å². The zero-order valence-corrected chi connectivity index (χ0v) is 17.4. The van der Waals surface area contributed by atoms with Gasteiger partial charge in [-0.25, -0.2) is 14.3 Å². The molecule has 2 N–H and O–H groups in total. The number of carboxylic acids is 1. The minimum Gasteiger partial charge on any atom is -0.480 e. The van der Waals surface area contributed by atoms with Crippen molar-refractivity contribution < 1.29 is 9.90 Å². The van der Waals surface area contributed by atoms with Gasteiger partial charge in [-0.05, 0) is 44.7 Å². The van der Waals surface area contributed by atoms with Gasteiger partial charge in [0.15, 0.2) is 5.82 Å². The van der Waals surface area contributed by atoms with Crippen molar-refractivity contribution in [3.05, 3.63) is 30.9 Å². The molecule has 1 unspecified atom stereocenters. The summed E-state index contributed by atoms with van der Waals surface area (Å²) in [6.45, 7) is 10.6. The maximum atomic E-state index is 12.1. The van der Waals surface area contributed by atoms with Crippen molar-refractivity contribution in [2.45, 2.75) is 52.6 Å². The summed E-state index contributed by atoms with van der Waals surface area (Å²) in [5, 5.41) is 17.8. The lowest BCUT2D eigenvalue weighted by Crippen LogP contribution is -2.49. The summed E-state index contributed by atoms with van der Waals surface area (Å²) in [6.07, 6.45) is 6.04. The normalized spacial score (nSPS) is 21.2. The number of fused-ring (bicyclic) bond motifs is 1. The van der Waals surface area contributed by atoms with E-state index in [1.54, 1.807) is 22.7 Å². The predicted molar refractivity (Wildman–Crippen MR) is 111 cm³/mol. The third kappa shape index (κ3) is 3.30. The number of nitrogens with one attached hydrogen (secondary N) is 1. The Morgan fingerprint density at radius 3 is 2.72 bits per heavy atom. The molecule has 0 bridgehead atoms. The van der Waals surface area contributed by atoms with Crippen LogP contribution in [0.4, 0.5) is 17.6 Å². The van der Waals surface area contributed by atoms with Gasteiger partial charge in [-0.15, -0.1) is 5.10 Å². The molecule has 9 heteroatoms. The van der Waals surface area contributed by atoms with Crippen molar-refractivity contribution in [3.8, 4) is 0 Å². The van der Waals surface area contributed by atoms with Gasteiger partial charge in [0.2, 0.25) is 5.95 Å². The Labute approximate surface area is 169 Å². The molecule has 0 aliphatic carbocycles. The number of carboxylic acid groups (broad SMARTS) is 1. The molecule has 1 aliphatic rings. The number of nitrogens with zero attached hydrogens (tertiary/aromatic N) is 6. The Balaban J connectivity index is 1.77. The van der Waals surface area contributed by atoms with Crippen molar-refractivity contribution in [2.75, 3.05) is 16.8 Å². The van der Waals surface area contributed by atoms with Crippen molar-refractivity contribution in [3.63, 3.8) is 0 Å². The van der Waals surface area contributed by atoms with E-state index in [1.807, 2.05) is 29.1 Å². The largest absolute Gasteiger partial charge is 0.480 e. The second-order valence-electron chi connectivity index (χ2n) is 9.03. The fourth-order valence-electron chi connectivity index (χ4n) is 4.10. The lowest BCUT2D eigenvalue weighted by atomic mass is 9.85. The van der Waals surface area contributed by atoms with Crippen molar-refractivity contribution in [1.82, 2.24) is 24.1 Å². The third-order valence-electron chi connectivity index (χ3n) is 5.53. The molecule has 0 saturated carbocycles. The Bertz CT molecular complexity index is 1070. The molecule has 3 aromatic rings. The van der Waals surface area contributed by atoms with Crippen LogP contribution in [-0.4, -0.2) is 47.3 Å². The van der Waals surface area contributed by atoms with Crippen LogP contribution in [0.15, 0.2) is 30.9 Å². The maximum absolute atomic E-state index is 12.1. The van der Waals surface area contributed by atoms with Crippen LogP contribution in [0.5, 0.6) is 0 Å². The molecule has 29 heavy (non-hydrogen) atoms. The molecular weight excluding hydrogens is 370 g/mol. The molecular formula is C20H27N7O2. The number of rotatable bonds is 5. The molecule has 1 saturated heterocycles. The quantitative estimate of drug-likeness (QED) is 0.681. The van der Waals surface area contributed by atoms with E-state index in [0.29, 0.717) is 36.6 Å². The van der Waals surface area contributed by atoms with Gasteiger partial charge >= 0.3 is 5.97 Å². The Morgan fingerprint density at radius 2 is 2.07 bits per heavy atom. The average Bonchev–Trinajstić information content (AvgIpc) is 3.32. The second-order valence-corrected chi connectivity index (χ2v) is 9.03. The number of hydrogen-bond acceptors (Lipinski definition) is 6. The number of aromatic nitrogens is 5. The van der Waals surface area contributed by atoms with Crippen LogP contribution >= 0.6 is 0 Å². The molecule has 154 valence electrons. The van der Waals surface area contributed by atoms with E-state index < -0.39 is 11.5 Å². The first-order chi connectivity index (χ1) is 13.6. The summed E-state index contributed by atoms with van der Waals surface area (Å²) >= 11 is 0. The van der Waals surface area contributed by atoms with Gasteiger partial charge in [0, 0.05) is 25.0 Å². The fourth-order valence-corrected chi connectivity index (χ4v) is 4.10. The standard InChI is InChI=1S/C20H27N7O2/c1-13(2)25-9-15(21-12-25)22-16-14-7-6-8-27(14)24-18(23-16)26-11-19(3,4)10-20(26,5)17(28)29/h6-9,12-13H,10-11H2,1-5H3,(H,28,29)(H,22,23,24). The van der Waals surface area contributed by atoms with E-state index in [9.17, 15) is 9.90 Å². The molecule has 3 aromatic heterocycles. The first-order valence-electron chi connectivity index (χ1n) is 9.76. The monoisotopic (exact) mass is 397 g/mol. The van der Waals surface area contributed by atoms with Gasteiger partial charge in [0.25, 0.3) is 0 Å².